The first-order chi connectivity index (χ1) is 9.17. The van der Waals surface area contributed by atoms with Gasteiger partial charge in [-0.15, -0.1) is 10.2 Å². The van der Waals surface area contributed by atoms with E-state index in [0.717, 1.165) is 25.2 Å². The standard InChI is InChI=1S/C14H21N5/c1-4-15-13(10-14-16-18-19(3)17-14)9-12-7-5-11(2)6-8-12/h5-8,13,15H,4,9-10H2,1-3H3. The van der Waals surface area contributed by atoms with Gasteiger partial charge in [0.2, 0.25) is 0 Å². The number of rotatable bonds is 6. The largest absolute Gasteiger partial charge is 0.313 e. The average molecular weight is 259 g/mol. The zero-order valence-corrected chi connectivity index (χ0v) is 11.8. The monoisotopic (exact) mass is 259 g/mol. The summed E-state index contributed by atoms with van der Waals surface area (Å²) in [5.41, 5.74) is 2.62. The summed E-state index contributed by atoms with van der Waals surface area (Å²) in [6.07, 6.45) is 1.78. The molecule has 2 aromatic rings. The molecule has 19 heavy (non-hydrogen) atoms. The lowest BCUT2D eigenvalue weighted by Crippen LogP contribution is -2.33. The van der Waals surface area contributed by atoms with Gasteiger partial charge in [-0.1, -0.05) is 36.8 Å². The van der Waals surface area contributed by atoms with Gasteiger partial charge in [0.1, 0.15) is 0 Å². The third-order valence-electron chi connectivity index (χ3n) is 3.07. The van der Waals surface area contributed by atoms with Crippen molar-refractivity contribution in [3.63, 3.8) is 0 Å². The highest BCUT2D eigenvalue weighted by atomic mass is 15.6. The first-order valence-electron chi connectivity index (χ1n) is 6.69. The van der Waals surface area contributed by atoms with E-state index in [1.165, 1.54) is 15.9 Å². The highest BCUT2D eigenvalue weighted by molar-refractivity contribution is 5.22. The Morgan fingerprint density at radius 1 is 1.21 bits per heavy atom. The van der Waals surface area contributed by atoms with Gasteiger partial charge >= 0.3 is 0 Å². The van der Waals surface area contributed by atoms with Gasteiger partial charge in [-0.05, 0) is 30.7 Å². The number of hydrogen-bond acceptors (Lipinski definition) is 4. The lowest BCUT2D eigenvalue weighted by atomic mass is 10.0. The summed E-state index contributed by atoms with van der Waals surface area (Å²) in [4.78, 5) is 1.50. The van der Waals surface area contributed by atoms with Crippen LogP contribution >= 0.6 is 0 Å². The highest BCUT2D eigenvalue weighted by Gasteiger charge is 2.12. The number of aryl methyl sites for hydroxylation is 2. The van der Waals surface area contributed by atoms with Gasteiger partial charge in [-0.3, -0.25) is 0 Å². The molecule has 0 saturated heterocycles. The third kappa shape index (κ3) is 4.13. The van der Waals surface area contributed by atoms with Crippen LogP contribution in [0, 0.1) is 6.92 Å². The van der Waals surface area contributed by atoms with Crippen LogP contribution in [0.4, 0.5) is 0 Å². The summed E-state index contributed by atoms with van der Waals surface area (Å²) in [7, 11) is 1.79. The van der Waals surface area contributed by atoms with Crippen molar-refractivity contribution >= 4 is 0 Å². The fraction of sp³-hybridized carbons (Fsp3) is 0.500. The molecule has 5 heteroatoms. The van der Waals surface area contributed by atoms with Crippen LogP contribution in [-0.4, -0.2) is 32.8 Å². The Hall–Kier alpha value is -1.75. The van der Waals surface area contributed by atoms with Gasteiger partial charge < -0.3 is 5.32 Å². The van der Waals surface area contributed by atoms with Crippen molar-refractivity contribution in [2.75, 3.05) is 6.54 Å². The Labute approximate surface area is 114 Å². The predicted molar refractivity (Wildman–Crippen MR) is 74.8 cm³/mol. The zero-order valence-electron chi connectivity index (χ0n) is 11.8. The van der Waals surface area contributed by atoms with E-state index in [1.54, 1.807) is 7.05 Å². The second-order valence-electron chi connectivity index (χ2n) is 4.84. The minimum atomic E-state index is 0.344. The van der Waals surface area contributed by atoms with Gasteiger partial charge in [-0.25, -0.2) is 0 Å². The molecular weight excluding hydrogens is 238 g/mol. The van der Waals surface area contributed by atoms with Gasteiger partial charge in [0.05, 0.1) is 7.05 Å². The van der Waals surface area contributed by atoms with Gasteiger partial charge in [0.15, 0.2) is 5.82 Å². The van der Waals surface area contributed by atoms with Crippen molar-refractivity contribution < 1.29 is 0 Å². The van der Waals surface area contributed by atoms with Crippen molar-refractivity contribution in [2.24, 2.45) is 7.05 Å². The molecule has 1 aromatic heterocycles. The first kappa shape index (κ1) is 13.7. The molecule has 0 spiro atoms. The first-order valence-corrected chi connectivity index (χ1v) is 6.69. The number of nitrogens with one attached hydrogen (secondary N) is 1. The Kier molecular flexibility index (Phi) is 4.63. The Morgan fingerprint density at radius 2 is 1.95 bits per heavy atom. The van der Waals surface area contributed by atoms with Gasteiger partial charge in [0.25, 0.3) is 0 Å². The minimum absolute atomic E-state index is 0.344. The van der Waals surface area contributed by atoms with Crippen molar-refractivity contribution in [3.8, 4) is 0 Å². The van der Waals surface area contributed by atoms with Crippen molar-refractivity contribution in [3.05, 3.63) is 41.2 Å². The predicted octanol–water partition coefficient (Wildman–Crippen LogP) is 1.28. The number of nitrogens with zero attached hydrogens (tertiary/aromatic N) is 4. The second-order valence-corrected chi connectivity index (χ2v) is 4.84. The molecule has 0 aliphatic rings. The molecule has 0 radical (unpaired) electrons. The molecule has 1 heterocycles. The summed E-state index contributed by atoms with van der Waals surface area (Å²) in [5, 5.41) is 15.7. The van der Waals surface area contributed by atoms with E-state index < -0.39 is 0 Å². The number of likely N-dealkylation sites (N-methyl/N-ethyl adjacent to an activating group) is 1. The fourth-order valence-corrected chi connectivity index (χ4v) is 2.14. The quantitative estimate of drug-likeness (QED) is 0.849. The molecule has 102 valence electrons. The van der Waals surface area contributed by atoms with E-state index >= 15 is 0 Å². The Balaban J connectivity index is 2.01. The van der Waals surface area contributed by atoms with E-state index in [0.29, 0.717) is 6.04 Å². The van der Waals surface area contributed by atoms with Gasteiger partial charge in [-0.2, -0.15) is 4.80 Å². The van der Waals surface area contributed by atoms with Crippen LogP contribution in [0.2, 0.25) is 0 Å². The summed E-state index contributed by atoms with van der Waals surface area (Å²) in [6, 6.07) is 9.02. The van der Waals surface area contributed by atoms with Crippen LogP contribution in [0.15, 0.2) is 24.3 Å². The number of tetrazole rings is 1. The maximum atomic E-state index is 4.24. The molecule has 1 N–H and O–H groups in total. The highest BCUT2D eigenvalue weighted by Crippen LogP contribution is 2.08. The van der Waals surface area contributed by atoms with E-state index in [9.17, 15) is 0 Å². The molecule has 1 aromatic carbocycles. The molecule has 5 nitrogen and oxygen atoms in total. The van der Waals surface area contributed by atoms with E-state index in [2.05, 4.69) is 58.8 Å². The summed E-state index contributed by atoms with van der Waals surface area (Å²) >= 11 is 0. The zero-order chi connectivity index (χ0) is 13.7. The van der Waals surface area contributed by atoms with Crippen LogP contribution in [0.1, 0.15) is 23.9 Å². The molecule has 0 bridgehead atoms. The smallest absolute Gasteiger partial charge is 0.176 e. The minimum Gasteiger partial charge on any atom is -0.313 e. The second kappa shape index (κ2) is 6.43. The maximum Gasteiger partial charge on any atom is 0.176 e. The normalized spacial score (nSPS) is 12.6. The van der Waals surface area contributed by atoms with Crippen molar-refractivity contribution in [1.29, 1.82) is 0 Å². The molecule has 0 fully saturated rings. The van der Waals surface area contributed by atoms with Crippen molar-refractivity contribution in [2.45, 2.75) is 32.7 Å². The molecule has 1 atom stereocenters. The van der Waals surface area contributed by atoms with Crippen LogP contribution in [-0.2, 0) is 19.9 Å². The number of aromatic nitrogens is 4. The summed E-state index contributed by atoms with van der Waals surface area (Å²) < 4.78 is 0. The molecule has 0 aliphatic heterocycles. The Bertz CT molecular complexity index is 503. The van der Waals surface area contributed by atoms with E-state index in [4.69, 9.17) is 0 Å². The molecule has 1 unspecified atom stereocenters. The van der Waals surface area contributed by atoms with Crippen LogP contribution in [0.5, 0.6) is 0 Å². The Morgan fingerprint density at radius 3 is 2.53 bits per heavy atom. The van der Waals surface area contributed by atoms with E-state index in [-0.39, 0.29) is 0 Å². The van der Waals surface area contributed by atoms with E-state index in [1.807, 2.05) is 0 Å². The molecule has 0 saturated carbocycles. The molecule has 2 rings (SSSR count). The number of benzene rings is 1. The lowest BCUT2D eigenvalue weighted by molar-refractivity contribution is 0.509. The molecule has 0 amide bonds. The summed E-state index contributed by atoms with van der Waals surface area (Å²) in [5.74, 6) is 0.792. The lowest BCUT2D eigenvalue weighted by Gasteiger charge is -2.16. The fourth-order valence-electron chi connectivity index (χ4n) is 2.14. The topological polar surface area (TPSA) is 55.6 Å². The number of hydrogen-bond donors (Lipinski definition) is 1. The maximum absolute atomic E-state index is 4.24. The van der Waals surface area contributed by atoms with Crippen molar-refractivity contribution in [1.82, 2.24) is 25.5 Å². The SMILES string of the molecule is CCNC(Cc1ccc(C)cc1)Cc1nnn(C)n1. The van der Waals surface area contributed by atoms with Crippen LogP contribution in [0.25, 0.3) is 0 Å². The molecule has 0 aliphatic carbocycles. The summed E-state index contributed by atoms with van der Waals surface area (Å²) in [6.45, 7) is 5.16. The van der Waals surface area contributed by atoms with Crippen LogP contribution in [0.3, 0.4) is 0 Å². The third-order valence-corrected chi connectivity index (χ3v) is 3.07. The van der Waals surface area contributed by atoms with Gasteiger partial charge in [0, 0.05) is 12.5 Å². The van der Waals surface area contributed by atoms with Crippen LogP contribution < -0.4 is 5.32 Å². The molecular formula is C14H21N5. The average Bonchev–Trinajstić information content (AvgIpc) is 2.78.